The van der Waals surface area contributed by atoms with Gasteiger partial charge in [0.25, 0.3) is 5.91 Å². The van der Waals surface area contributed by atoms with Gasteiger partial charge in [-0.15, -0.1) is 0 Å². The van der Waals surface area contributed by atoms with Gasteiger partial charge in [0.05, 0.1) is 19.8 Å². The second-order valence-electron chi connectivity index (χ2n) is 4.83. The van der Waals surface area contributed by atoms with Crippen LogP contribution in [0, 0.1) is 0 Å². The van der Waals surface area contributed by atoms with Crippen LogP contribution in [0.1, 0.15) is 10.5 Å². The summed E-state index contributed by atoms with van der Waals surface area (Å²) in [6.45, 7) is 4.46. The Bertz CT molecular complexity index is 521. The normalized spacial score (nSPS) is 15.3. The minimum absolute atomic E-state index is 0.0872. The van der Waals surface area contributed by atoms with Crippen LogP contribution in [0.3, 0.4) is 0 Å². The van der Waals surface area contributed by atoms with Crippen LogP contribution < -0.4 is 10.6 Å². The third-order valence-electron chi connectivity index (χ3n) is 3.21. The quantitative estimate of drug-likeness (QED) is 0.714. The molecule has 0 bridgehead atoms. The number of hydrogen-bond acceptors (Lipinski definition) is 5. The molecule has 0 unspecified atom stereocenters. The molecular weight excluding hydrogens is 308 g/mol. The van der Waals surface area contributed by atoms with Gasteiger partial charge in [-0.25, -0.2) is 4.98 Å². The summed E-state index contributed by atoms with van der Waals surface area (Å²) in [6.07, 6.45) is 0. The van der Waals surface area contributed by atoms with Crippen molar-refractivity contribution in [2.75, 3.05) is 45.9 Å². The van der Waals surface area contributed by atoms with Gasteiger partial charge in [-0.2, -0.15) is 0 Å². The predicted octanol–water partition coefficient (Wildman–Crippen LogP) is -0.0868. The van der Waals surface area contributed by atoms with Crippen molar-refractivity contribution in [1.82, 2.24) is 20.5 Å². The lowest BCUT2D eigenvalue weighted by atomic mass is 10.3. The molecule has 8 heteroatoms. The molecule has 7 nitrogen and oxygen atoms in total. The summed E-state index contributed by atoms with van der Waals surface area (Å²) in [7, 11) is 0. The summed E-state index contributed by atoms with van der Waals surface area (Å²) < 4.78 is 5.25. The standard InChI is InChI=1S/C14H19ClN4O3/c15-12-3-1-2-11(18-12)14(21)17-10-13(20)16-4-5-19-6-8-22-9-7-19/h1-3H,4-10H2,(H,16,20)(H,17,21). The molecule has 2 amide bonds. The Balaban J connectivity index is 1.63. The molecule has 1 aromatic rings. The fourth-order valence-electron chi connectivity index (χ4n) is 2.03. The van der Waals surface area contributed by atoms with E-state index in [9.17, 15) is 9.59 Å². The lowest BCUT2D eigenvalue weighted by Crippen LogP contribution is -2.43. The Morgan fingerprint density at radius 2 is 2.05 bits per heavy atom. The van der Waals surface area contributed by atoms with Crippen molar-refractivity contribution in [1.29, 1.82) is 0 Å². The van der Waals surface area contributed by atoms with Gasteiger partial charge in [-0.3, -0.25) is 14.5 Å². The van der Waals surface area contributed by atoms with Crippen LogP contribution in [0.5, 0.6) is 0 Å². The van der Waals surface area contributed by atoms with Gasteiger partial charge in [0.15, 0.2) is 0 Å². The molecule has 0 radical (unpaired) electrons. The largest absolute Gasteiger partial charge is 0.379 e. The van der Waals surface area contributed by atoms with Crippen molar-refractivity contribution in [3.8, 4) is 0 Å². The van der Waals surface area contributed by atoms with Gasteiger partial charge in [0, 0.05) is 26.2 Å². The third kappa shape index (κ3) is 5.59. The number of nitrogens with zero attached hydrogens (tertiary/aromatic N) is 2. The van der Waals surface area contributed by atoms with E-state index in [2.05, 4.69) is 20.5 Å². The molecular formula is C14H19ClN4O3. The topological polar surface area (TPSA) is 83.6 Å². The number of nitrogens with one attached hydrogen (secondary N) is 2. The number of aromatic nitrogens is 1. The van der Waals surface area contributed by atoms with Crippen LogP contribution in [0.2, 0.25) is 5.15 Å². The van der Waals surface area contributed by atoms with Crippen molar-refractivity contribution < 1.29 is 14.3 Å². The third-order valence-corrected chi connectivity index (χ3v) is 3.42. The van der Waals surface area contributed by atoms with E-state index >= 15 is 0 Å². The van der Waals surface area contributed by atoms with Crippen molar-refractivity contribution >= 4 is 23.4 Å². The Morgan fingerprint density at radius 1 is 1.27 bits per heavy atom. The molecule has 1 saturated heterocycles. The van der Waals surface area contributed by atoms with E-state index in [-0.39, 0.29) is 23.3 Å². The summed E-state index contributed by atoms with van der Waals surface area (Å²) in [5.41, 5.74) is 0.189. The SMILES string of the molecule is O=C(CNC(=O)c1cccc(Cl)n1)NCCN1CCOCC1. The highest BCUT2D eigenvalue weighted by molar-refractivity contribution is 6.29. The number of rotatable bonds is 6. The van der Waals surface area contributed by atoms with E-state index in [1.54, 1.807) is 12.1 Å². The number of pyridine rings is 1. The number of halogens is 1. The Kier molecular flexibility index (Phi) is 6.57. The van der Waals surface area contributed by atoms with Gasteiger partial charge >= 0.3 is 0 Å². The van der Waals surface area contributed by atoms with Crippen LogP contribution in [0.4, 0.5) is 0 Å². The highest BCUT2D eigenvalue weighted by atomic mass is 35.5. The maximum absolute atomic E-state index is 11.8. The Morgan fingerprint density at radius 3 is 2.77 bits per heavy atom. The van der Waals surface area contributed by atoms with Crippen molar-refractivity contribution in [3.63, 3.8) is 0 Å². The molecule has 2 heterocycles. The number of morpholine rings is 1. The number of carbonyl (C=O) groups is 2. The number of hydrogen-bond donors (Lipinski definition) is 2. The van der Waals surface area contributed by atoms with Crippen LogP contribution in [0.25, 0.3) is 0 Å². The molecule has 1 aliphatic heterocycles. The fraction of sp³-hybridized carbons (Fsp3) is 0.500. The smallest absolute Gasteiger partial charge is 0.270 e. The fourth-order valence-corrected chi connectivity index (χ4v) is 2.19. The molecule has 2 rings (SSSR count). The first-order valence-corrected chi connectivity index (χ1v) is 7.50. The molecule has 0 atom stereocenters. The second-order valence-corrected chi connectivity index (χ2v) is 5.22. The summed E-state index contributed by atoms with van der Waals surface area (Å²) >= 11 is 5.71. The number of amides is 2. The maximum atomic E-state index is 11.8. The minimum Gasteiger partial charge on any atom is -0.379 e. The van der Waals surface area contributed by atoms with Gasteiger partial charge in [-0.1, -0.05) is 17.7 Å². The minimum atomic E-state index is -0.425. The zero-order chi connectivity index (χ0) is 15.8. The molecule has 2 N–H and O–H groups in total. The number of ether oxygens (including phenoxy) is 1. The molecule has 1 aromatic heterocycles. The lowest BCUT2D eigenvalue weighted by molar-refractivity contribution is -0.120. The summed E-state index contributed by atoms with van der Waals surface area (Å²) in [6, 6.07) is 4.75. The van der Waals surface area contributed by atoms with Gasteiger partial charge < -0.3 is 15.4 Å². The van der Waals surface area contributed by atoms with Gasteiger partial charge in [0.2, 0.25) is 5.91 Å². The highest BCUT2D eigenvalue weighted by Crippen LogP contribution is 2.04. The zero-order valence-electron chi connectivity index (χ0n) is 12.2. The summed E-state index contributed by atoms with van der Waals surface area (Å²) in [4.78, 5) is 29.6. The first kappa shape index (κ1) is 16.7. The average Bonchev–Trinajstić information content (AvgIpc) is 2.53. The molecule has 22 heavy (non-hydrogen) atoms. The van der Waals surface area contributed by atoms with Gasteiger partial charge in [0.1, 0.15) is 10.8 Å². The zero-order valence-corrected chi connectivity index (χ0v) is 12.9. The van der Waals surface area contributed by atoms with Crippen molar-refractivity contribution in [3.05, 3.63) is 29.0 Å². The van der Waals surface area contributed by atoms with E-state index in [1.807, 2.05) is 0 Å². The van der Waals surface area contributed by atoms with Crippen LogP contribution >= 0.6 is 11.6 Å². The first-order chi connectivity index (χ1) is 10.6. The van der Waals surface area contributed by atoms with E-state index < -0.39 is 5.91 Å². The summed E-state index contributed by atoms with van der Waals surface area (Å²) in [5, 5.41) is 5.51. The van der Waals surface area contributed by atoms with E-state index in [0.29, 0.717) is 6.54 Å². The van der Waals surface area contributed by atoms with E-state index in [1.165, 1.54) is 6.07 Å². The molecule has 0 saturated carbocycles. The van der Waals surface area contributed by atoms with Crippen molar-refractivity contribution in [2.45, 2.75) is 0 Å². The molecule has 0 aliphatic carbocycles. The molecule has 0 spiro atoms. The molecule has 1 fully saturated rings. The second kappa shape index (κ2) is 8.67. The Hall–Kier alpha value is -1.70. The van der Waals surface area contributed by atoms with Crippen LogP contribution in [-0.2, 0) is 9.53 Å². The van der Waals surface area contributed by atoms with E-state index in [4.69, 9.17) is 16.3 Å². The Labute approximate surface area is 134 Å². The van der Waals surface area contributed by atoms with Crippen LogP contribution in [-0.4, -0.2) is 67.6 Å². The van der Waals surface area contributed by atoms with Gasteiger partial charge in [-0.05, 0) is 12.1 Å². The molecule has 1 aliphatic rings. The predicted molar refractivity (Wildman–Crippen MR) is 81.8 cm³/mol. The average molecular weight is 327 g/mol. The first-order valence-electron chi connectivity index (χ1n) is 7.13. The molecule has 120 valence electrons. The van der Waals surface area contributed by atoms with E-state index in [0.717, 1.165) is 32.8 Å². The highest BCUT2D eigenvalue weighted by Gasteiger charge is 2.11. The van der Waals surface area contributed by atoms with Crippen LogP contribution in [0.15, 0.2) is 18.2 Å². The van der Waals surface area contributed by atoms with Crippen molar-refractivity contribution in [2.24, 2.45) is 0 Å². The molecule has 0 aromatic carbocycles. The number of carbonyl (C=O) groups excluding carboxylic acids is 2. The monoisotopic (exact) mass is 326 g/mol. The summed E-state index contributed by atoms with van der Waals surface area (Å²) in [5.74, 6) is -0.658. The maximum Gasteiger partial charge on any atom is 0.270 e. The lowest BCUT2D eigenvalue weighted by Gasteiger charge is -2.26.